The molecule has 4 N–H and O–H groups in total. The summed E-state index contributed by atoms with van der Waals surface area (Å²) in [4.78, 5) is 24.8. The average molecular weight is 259 g/mol. The van der Waals surface area contributed by atoms with Gasteiger partial charge in [-0.1, -0.05) is 0 Å². The third-order valence-electron chi connectivity index (χ3n) is 2.60. The minimum absolute atomic E-state index is 0.183. The zero-order chi connectivity index (χ0) is 13.8. The molecule has 0 aliphatic carbocycles. The fraction of sp³-hybridized carbons (Fsp3) is 0.818. The van der Waals surface area contributed by atoms with Crippen LogP contribution in [0.15, 0.2) is 0 Å². The van der Waals surface area contributed by atoms with Gasteiger partial charge >= 0.3 is 11.8 Å². The summed E-state index contributed by atoms with van der Waals surface area (Å²) in [6.45, 7) is 4.53. The molecule has 0 spiro atoms. The quantitative estimate of drug-likeness (QED) is 0.511. The van der Waals surface area contributed by atoms with Crippen molar-refractivity contribution in [3.05, 3.63) is 0 Å². The van der Waals surface area contributed by atoms with Gasteiger partial charge in [0.15, 0.2) is 0 Å². The normalized spacial score (nSPS) is 22.7. The molecule has 1 atom stereocenters. The highest BCUT2D eigenvalue weighted by atomic mass is 16.5. The first kappa shape index (κ1) is 14.9. The van der Waals surface area contributed by atoms with Gasteiger partial charge in [0.2, 0.25) is 0 Å². The number of carbonyl (C=O) groups excluding carboxylic acids is 2. The van der Waals surface area contributed by atoms with Gasteiger partial charge < -0.3 is 25.8 Å². The molecular formula is C11H21N3O4. The summed E-state index contributed by atoms with van der Waals surface area (Å²) in [6.07, 6.45) is -0.458. The fourth-order valence-electron chi connectivity index (χ4n) is 1.95. The lowest BCUT2D eigenvalue weighted by molar-refractivity contribution is -0.170. The molecule has 18 heavy (non-hydrogen) atoms. The predicted molar refractivity (Wildman–Crippen MR) is 64.7 cm³/mol. The first-order valence-corrected chi connectivity index (χ1v) is 5.95. The standard InChI is InChI=1S/C11H21N3O4/c1-11(2)7-14(5-8(6-15)18-11)10(17)9(16)13-4-3-12/h8,15H,3-7,12H2,1-2H3,(H,13,16). The van der Waals surface area contributed by atoms with E-state index in [0.29, 0.717) is 6.54 Å². The highest BCUT2D eigenvalue weighted by molar-refractivity contribution is 6.35. The zero-order valence-electron chi connectivity index (χ0n) is 10.8. The van der Waals surface area contributed by atoms with E-state index in [1.165, 1.54) is 4.90 Å². The molecule has 0 bridgehead atoms. The van der Waals surface area contributed by atoms with E-state index in [0.717, 1.165) is 0 Å². The molecule has 0 aromatic heterocycles. The van der Waals surface area contributed by atoms with Crippen molar-refractivity contribution in [2.45, 2.75) is 25.6 Å². The Bertz CT molecular complexity index is 319. The van der Waals surface area contributed by atoms with Crippen molar-refractivity contribution in [2.75, 3.05) is 32.8 Å². The van der Waals surface area contributed by atoms with Crippen molar-refractivity contribution >= 4 is 11.8 Å². The Morgan fingerprint density at radius 2 is 2.22 bits per heavy atom. The van der Waals surface area contributed by atoms with E-state index >= 15 is 0 Å². The minimum atomic E-state index is -0.671. The number of rotatable bonds is 3. The van der Waals surface area contributed by atoms with Gasteiger partial charge in [-0.05, 0) is 13.8 Å². The first-order valence-electron chi connectivity index (χ1n) is 5.95. The molecule has 1 aliphatic heterocycles. The summed E-state index contributed by atoms with van der Waals surface area (Å²) in [5.41, 5.74) is 4.68. The Morgan fingerprint density at radius 1 is 1.56 bits per heavy atom. The van der Waals surface area contributed by atoms with E-state index < -0.39 is 23.5 Å². The molecule has 104 valence electrons. The molecule has 0 radical (unpaired) electrons. The summed E-state index contributed by atoms with van der Waals surface area (Å²) < 4.78 is 5.57. The van der Waals surface area contributed by atoms with Crippen LogP contribution in [0.1, 0.15) is 13.8 Å². The molecule has 1 saturated heterocycles. The molecule has 1 rings (SSSR count). The second-order valence-electron chi connectivity index (χ2n) is 4.91. The van der Waals surface area contributed by atoms with E-state index in [-0.39, 0.29) is 26.2 Å². The minimum Gasteiger partial charge on any atom is -0.394 e. The van der Waals surface area contributed by atoms with Crippen LogP contribution < -0.4 is 11.1 Å². The molecule has 7 heteroatoms. The molecule has 1 unspecified atom stereocenters. The van der Waals surface area contributed by atoms with Gasteiger partial charge in [-0.3, -0.25) is 9.59 Å². The molecule has 1 fully saturated rings. The number of aliphatic hydroxyl groups is 1. The van der Waals surface area contributed by atoms with Gasteiger partial charge in [-0.2, -0.15) is 0 Å². The maximum Gasteiger partial charge on any atom is 0.312 e. The van der Waals surface area contributed by atoms with Crippen LogP contribution in [0.3, 0.4) is 0 Å². The van der Waals surface area contributed by atoms with Gasteiger partial charge in [-0.15, -0.1) is 0 Å². The molecule has 1 aliphatic rings. The molecule has 0 aromatic carbocycles. The number of carbonyl (C=O) groups is 2. The third-order valence-corrected chi connectivity index (χ3v) is 2.60. The molecule has 7 nitrogen and oxygen atoms in total. The largest absolute Gasteiger partial charge is 0.394 e. The Kier molecular flexibility index (Phi) is 5.06. The van der Waals surface area contributed by atoms with Gasteiger partial charge in [0.1, 0.15) is 0 Å². The number of nitrogens with zero attached hydrogens (tertiary/aromatic N) is 1. The second-order valence-corrected chi connectivity index (χ2v) is 4.91. The third kappa shape index (κ3) is 3.94. The van der Waals surface area contributed by atoms with E-state index in [1.807, 2.05) is 13.8 Å². The van der Waals surface area contributed by atoms with Crippen molar-refractivity contribution in [1.29, 1.82) is 0 Å². The summed E-state index contributed by atoms with van der Waals surface area (Å²) in [7, 11) is 0. The number of ether oxygens (including phenoxy) is 1. The lowest BCUT2D eigenvalue weighted by Gasteiger charge is -2.41. The van der Waals surface area contributed by atoms with E-state index in [9.17, 15) is 9.59 Å². The van der Waals surface area contributed by atoms with Crippen molar-refractivity contribution < 1.29 is 19.4 Å². The van der Waals surface area contributed by atoms with Crippen molar-refractivity contribution in [2.24, 2.45) is 5.73 Å². The number of amides is 2. The number of hydrogen-bond acceptors (Lipinski definition) is 5. The summed E-state index contributed by atoms with van der Waals surface area (Å²) >= 11 is 0. The van der Waals surface area contributed by atoms with Crippen molar-refractivity contribution in [3.8, 4) is 0 Å². The fourth-order valence-corrected chi connectivity index (χ4v) is 1.95. The maximum absolute atomic E-state index is 11.9. The Balaban J connectivity index is 2.64. The van der Waals surface area contributed by atoms with Crippen LogP contribution in [-0.4, -0.2) is 66.3 Å². The molecule has 0 saturated carbocycles. The van der Waals surface area contributed by atoms with Crippen LogP contribution in [0.4, 0.5) is 0 Å². The van der Waals surface area contributed by atoms with E-state index in [2.05, 4.69) is 5.32 Å². The lowest BCUT2D eigenvalue weighted by atomic mass is 10.1. The second kappa shape index (κ2) is 6.12. The number of aliphatic hydroxyl groups excluding tert-OH is 1. The van der Waals surface area contributed by atoms with Crippen LogP contribution in [0, 0.1) is 0 Å². The highest BCUT2D eigenvalue weighted by Crippen LogP contribution is 2.20. The SMILES string of the molecule is CC1(C)CN(C(=O)C(=O)NCCN)CC(CO)O1. The van der Waals surface area contributed by atoms with Gasteiger partial charge in [0.25, 0.3) is 0 Å². The topological polar surface area (TPSA) is 105 Å². The van der Waals surface area contributed by atoms with Crippen molar-refractivity contribution in [3.63, 3.8) is 0 Å². The van der Waals surface area contributed by atoms with Crippen molar-refractivity contribution in [1.82, 2.24) is 10.2 Å². The van der Waals surface area contributed by atoms with Gasteiger partial charge in [0, 0.05) is 26.2 Å². The van der Waals surface area contributed by atoms with Gasteiger partial charge in [-0.25, -0.2) is 0 Å². The van der Waals surface area contributed by atoms with Crippen LogP contribution in [0.5, 0.6) is 0 Å². The number of nitrogens with one attached hydrogen (secondary N) is 1. The molecular weight excluding hydrogens is 238 g/mol. The lowest BCUT2D eigenvalue weighted by Crippen LogP contribution is -2.58. The number of hydrogen-bond donors (Lipinski definition) is 3. The number of morpholine rings is 1. The maximum atomic E-state index is 11.9. The zero-order valence-corrected chi connectivity index (χ0v) is 10.8. The van der Waals surface area contributed by atoms with Crippen LogP contribution >= 0.6 is 0 Å². The predicted octanol–water partition coefficient (Wildman–Crippen LogP) is -1.94. The average Bonchev–Trinajstić information content (AvgIpc) is 2.32. The Labute approximate surface area is 106 Å². The monoisotopic (exact) mass is 259 g/mol. The van der Waals surface area contributed by atoms with Crippen LogP contribution in [0.25, 0.3) is 0 Å². The number of nitrogens with two attached hydrogens (primary N) is 1. The van der Waals surface area contributed by atoms with Gasteiger partial charge in [0.05, 0.1) is 18.3 Å². The first-order chi connectivity index (χ1) is 8.39. The molecule has 2 amide bonds. The van der Waals surface area contributed by atoms with Crippen LogP contribution in [0.2, 0.25) is 0 Å². The van der Waals surface area contributed by atoms with E-state index in [4.69, 9.17) is 15.6 Å². The van der Waals surface area contributed by atoms with Crippen LogP contribution in [-0.2, 0) is 14.3 Å². The highest BCUT2D eigenvalue weighted by Gasteiger charge is 2.37. The summed E-state index contributed by atoms with van der Waals surface area (Å²) in [5, 5.41) is 11.6. The summed E-state index contributed by atoms with van der Waals surface area (Å²) in [6, 6.07) is 0. The molecule has 1 heterocycles. The Hall–Kier alpha value is -1.18. The Morgan fingerprint density at radius 3 is 2.78 bits per heavy atom. The van der Waals surface area contributed by atoms with E-state index in [1.54, 1.807) is 0 Å². The smallest absolute Gasteiger partial charge is 0.312 e. The molecule has 0 aromatic rings. The summed E-state index contributed by atoms with van der Waals surface area (Å²) in [5.74, 6) is -1.28.